The van der Waals surface area contributed by atoms with Crippen LogP contribution in [-0.4, -0.2) is 9.91 Å². The third-order valence-electron chi connectivity index (χ3n) is 2.30. The molecule has 0 aliphatic heterocycles. The molecule has 0 saturated heterocycles. The highest BCUT2D eigenvalue weighted by Crippen LogP contribution is 2.29. The third-order valence-corrected chi connectivity index (χ3v) is 2.95. The van der Waals surface area contributed by atoms with Crippen LogP contribution in [0.15, 0.2) is 24.4 Å². The quantitative estimate of drug-likeness (QED) is 0.521. The highest BCUT2D eigenvalue weighted by Gasteiger charge is 2.15. The molecule has 1 heterocycles. The summed E-state index contributed by atoms with van der Waals surface area (Å²) < 4.78 is 0. The van der Waals surface area contributed by atoms with Crippen LogP contribution in [0, 0.1) is 10.1 Å². The Labute approximate surface area is 99.6 Å². The van der Waals surface area contributed by atoms with E-state index in [1.165, 1.54) is 6.20 Å². The Morgan fingerprint density at radius 3 is 2.88 bits per heavy atom. The highest BCUT2D eigenvalue weighted by atomic mass is 79.9. The van der Waals surface area contributed by atoms with Crippen LogP contribution in [0.5, 0.6) is 0 Å². The van der Waals surface area contributed by atoms with Crippen LogP contribution in [0.2, 0.25) is 0 Å². The fourth-order valence-electron chi connectivity index (χ4n) is 1.48. The fraction of sp³-hybridized carbons (Fsp3) is 0.100. The molecular weight excluding hydrogens is 274 g/mol. The molecule has 16 heavy (non-hydrogen) atoms. The number of hydrogen-bond donors (Lipinski definition) is 1. The number of benzene rings is 1. The summed E-state index contributed by atoms with van der Waals surface area (Å²) in [5.41, 5.74) is 7.42. The summed E-state index contributed by atoms with van der Waals surface area (Å²) in [5, 5.41) is 12.0. The maximum atomic E-state index is 10.7. The zero-order valence-electron chi connectivity index (χ0n) is 8.18. The Morgan fingerprint density at radius 2 is 2.25 bits per heavy atom. The highest BCUT2D eigenvalue weighted by molar-refractivity contribution is 9.08. The van der Waals surface area contributed by atoms with Crippen molar-refractivity contribution < 1.29 is 4.92 Å². The van der Waals surface area contributed by atoms with Gasteiger partial charge in [-0.15, -0.1) is 0 Å². The van der Waals surface area contributed by atoms with Gasteiger partial charge in [0.05, 0.1) is 10.4 Å². The average molecular weight is 282 g/mol. The van der Waals surface area contributed by atoms with Gasteiger partial charge in [0.25, 0.3) is 0 Å². The normalized spacial score (nSPS) is 10.6. The molecule has 0 saturated carbocycles. The summed E-state index contributed by atoms with van der Waals surface area (Å²) in [6.45, 7) is 0. The first-order valence-corrected chi connectivity index (χ1v) is 5.63. The number of alkyl halides is 1. The molecule has 0 spiro atoms. The number of anilines is 1. The lowest BCUT2D eigenvalue weighted by atomic mass is 10.1. The van der Waals surface area contributed by atoms with Crippen molar-refractivity contribution in [3.63, 3.8) is 0 Å². The lowest BCUT2D eigenvalue weighted by molar-refractivity contribution is -0.384. The molecule has 0 radical (unpaired) electrons. The Morgan fingerprint density at radius 1 is 1.50 bits per heavy atom. The van der Waals surface area contributed by atoms with Gasteiger partial charge in [-0.05, 0) is 17.7 Å². The molecule has 82 valence electrons. The first kappa shape index (κ1) is 10.8. The van der Waals surface area contributed by atoms with Crippen LogP contribution in [0.25, 0.3) is 10.9 Å². The van der Waals surface area contributed by atoms with Gasteiger partial charge < -0.3 is 5.73 Å². The predicted molar refractivity (Wildman–Crippen MR) is 65.4 cm³/mol. The minimum absolute atomic E-state index is 0.153. The molecule has 1 aromatic heterocycles. The minimum atomic E-state index is -0.525. The van der Waals surface area contributed by atoms with Crippen LogP contribution in [0.1, 0.15) is 5.56 Å². The molecule has 2 rings (SSSR count). The van der Waals surface area contributed by atoms with E-state index in [-0.39, 0.29) is 11.4 Å². The number of pyridine rings is 1. The first-order chi connectivity index (χ1) is 7.63. The van der Waals surface area contributed by atoms with Gasteiger partial charge in [0.1, 0.15) is 11.9 Å². The molecular formula is C10H8BrN3O2. The van der Waals surface area contributed by atoms with Gasteiger partial charge in [-0.25, -0.2) is 4.98 Å². The lowest BCUT2D eigenvalue weighted by Gasteiger charge is -2.03. The number of nitrogens with two attached hydrogens (primary N) is 1. The molecule has 0 aliphatic rings. The molecule has 0 bridgehead atoms. The van der Waals surface area contributed by atoms with Crippen LogP contribution >= 0.6 is 15.9 Å². The van der Waals surface area contributed by atoms with E-state index in [1.54, 1.807) is 12.1 Å². The maximum absolute atomic E-state index is 10.7. The number of aromatic nitrogens is 1. The van der Waals surface area contributed by atoms with Crippen molar-refractivity contribution >= 4 is 38.2 Å². The molecule has 0 amide bonds. The molecule has 0 atom stereocenters. The van der Waals surface area contributed by atoms with Crippen LogP contribution in [0.3, 0.4) is 0 Å². The number of hydrogen-bond acceptors (Lipinski definition) is 4. The molecule has 0 fully saturated rings. The largest absolute Gasteiger partial charge is 0.393 e. The molecule has 2 N–H and O–H groups in total. The molecule has 0 unspecified atom stereocenters. The van der Waals surface area contributed by atoms with Crippen molar-refractivity contribution in [3.05, 3.63) is 40.1 Å². The Bertz CT molecular complexity index is 571. The third kappa shape index (κ3) is 1.71. The number of nitro groups is 1. The van der Waals surface area contributed by atoms with E-state index in [0.717, 1.165) is 5.56 Å². The fourth-order valence-corrected chi connectivity index (χ4v) is 1.83. The lowest BCUT2D eigenvalue weighted by Crippen LogP contribution is -1.98. The van der Waals surface area contributed by atoms with Gasteiger partial charge >= 0.3 is 5.69 Å². The summed E-state index contributed by atoms with van der Waals surface area (Å²) >= 11 is 3.32. The van der Waals surface area contributed by atoms with E-state index in [1.807, 2.05) is 6.07 Å². The van der Waals surface area contributed by atoms with Gasteiger partial charge in [-0.2, -0.15) is 0 Å². The standard InChI is InChI=1S/C10H8BrN3O2/c11-4-6-1-2-8-7(3-6)10(12)9(5-13-8)14(15)16/h1-3,5H,4H2,(H2,12,13). The number of halogens is 1. The second-order valence-corrected chi connectivity index (χ2v) is 3.86. The topological polar surface area (TPSA) is 82.0 Å². The van der Waals surface area contributed by atoms with Gasteiger partial charge in [-0.1, -0.05) is 22.0 Å². The maximum Gasteiger partial charge on any atom is 0.310 e. The zero-order chi connectivity index (χ0) is 11.7. The molecule has 0 aliphatic carbocycles. The number of rotatable bonds is 2. The van der Waals surface area contributed by atoms with E-state index >= 15 is 0 Å². The van der Waals surface area contributed by atoms with E-state index in [9.17, 15) is 10.1 Å². The molecule has 5 nitrogen and oxygen atoms in total. The van der Waals surface area contributed by atoms with Crippen molar-refractivity contribution in [1.82, 2.24) is 4.98 Å². The van der Waals surface area contributed by atoms with Gasteiger partial charge in [0.2, 0.25) is 0 Å². The smallest absolute Gasteiger partial charge is 0.310 e. The number of fused-ring (bicyclic) bond motifs is 1. The van der Waals surface area contributed by atoms with Crippen LogP contribution < -0.4 is 5.73 Å². The Hall–Kier alpha value is -1.69. The van der Waals surface area contributed by atoms with Crippen molar-refractivity contribution in [3.8, 4) is 0 Å². The zero-order valence-corrected chi connectivity index (χ0v) is 9.77. The molecule has 2 aromatic rings. The molecule has 6 heteroatoms. The van der Waals surface area contributed by atoms with Crippen molar-refractivity contribution in [2.45, 2.75) is 5.33 Å². The van der Waals surface area contributed by atoms with Gasteiger partial charge in [0.15, 0.2) is 0 Å². The summed E-state index contributed by atoms with van der Waals surface area (Å²) in [4.78, 5) is 14.2. The van der Waals surface area contributed by atoms with Crippen molar-refractivity contribution in [2.24, 2.45) is 0 Å². The summed E-state index contributed by atoms with van der Waals surface area (Å²) in [6, 6.07) is 5.50. The van der Waals surface area contributed by atoms with Crippen LogP contribution in [-0.2, 0) is 5.33 Å². The van der Waals surface area contributed by atoms with Crippen LogP contribution in [0.4, 0.5) is 11.4 Å². The summed E-state index contributed by atoms with van der Waals surface area (Å²) in [6.07, 6.45) is 1.19. The number of nitrogens with zero attached hydrogens (tertiary/aromatic N) is 2. The number of nitrogen functional groups attached to an aromatic ring is 1. The van der Waals surface area contributed by atoms with E-state index < -0.39 is 4.92 Å². The van der Waals surface area contributed by atoms with E-state index in [4.69, 9.17) is 5.73 Å². The second kappa shape index (κ2) is 4.05. The Balaban J connectivity index is 2.75. The summed E-state index contributed by atoms with van der Waals surface area (Å²) in [5.74, 6) is 0. The average Bonchev–Trinajstić information content (AvgIpc) is 2.28. The minimum Gasteiger partial charge on any atom is -0.393 e. The Kier molecular flexibility index (Phi) is 2.74. The second-order valence-electron chi connectivity index (χ2n) is 3.30. The van der Waals surface area contributed by atoms with E-state index in [2.05, 4.69) is 20.9 Å². The van der Waals surface area contributed by atoms with Crippen molar-refractivity contribution in [1.29, 1.82) is 0 Å². The predicted octanol–water partition coefficient (Wildman–Crippen LogP) is 2.62. The van der Waals surface area contributed by atoms with E-state index in [0.29, 0.717) is 16.2 Å². The molecule has 1 aromatic carbocycles. The first-order valence-electron chi connectivity index (χ1n) is 4.51. The van der Waals surface area contributed by atoms with Crippen molar-refractivity contribution in [2.75, 3.05) is 5.73 Å². The van der Waals surface area contributed by atoms with Gasteiger partial charge in [-0.3, -0.25) is 10.1 Å². The monoisotopic (exact) mass is 281 g/mol. The van der Waals surface area contributed by atoms with Gasteiger partial charge in [0, 0.05) is 10.7 Å². The summed E-state index contributed by atoms with van der Waals surface area (Å²) in [7, 11) is 0. The SMILES string of the molecule is Nc1c([N+](=O)[O-])cnc2ccc(CBr)cc12.